The summed E-state index contributed by atoms with van der Waals surface area (Å²) in [5.41, 5.74) is 5.19. The van der Waals surface area contributed by atoms with Crippen molar-refractivity contribution in [3.63, 3.8) is 0 Å². The molecule has 2 heterocycles. The van der Waals surface area contributed by atoms with Crippen LogP contribution in [0, 0.1) is 5.41 Å². The van der Waals surface area contributed by atoms with E-state index in [0.29, 0.717) is 18.9 Å². The second kappa shape index (κ2) is 7.16. The predicted octanol–water partition coefficient (Wildman–Crippen LogP) is 2.80. The Labute approximate surface area is 155 Å². The van der Waals surface area contributed by atoms with Gasteiger partial charge in [0.25, 0.3) is 0 Å². The molecule has 0 spiro atoms. The van der Waals surface area contributed by atoms with Crippen molar-refractivity contribution in [1.29, 1.82) is 0 Å². The highest BCUT2D eigenvalue weighted by Crippen LogP contribution is 2.42. The molecule has 6 nitrogen and oxygen atoms in total. The molecule has 1 aromatic heterocycles. The third-order valence-corrected chi connectivity index (χ3v) is 5.93. The van der Waals surface area contributed by atoms with Crippen LogP contribution in [-0.2, 0) is 10.3 Å². The minimum atomic E-state index is -0.835. The first-order valence-corrected chi connectivity index (χ1v) is 9.56. The van der Waals surface area contributed by atoms with Crippen LogP contribution in [0.1, 0.15) is 58.6 Å². The van der Waals surface area contributed by atoms with Gasteiger partial charge in [0.05, 0.1) is 11.7 Å². The Kier molecular flexibility index (Phi) is 5.26. The van der Waals surface area contributed by atoms with Crippen molar-refractivity contribution in [2.24, 2.45) is 11.1 Å². The molecular weight excluding hydrogens is 330 g/mol. The summed E-state index contributed by atoms with van der Waals surface area (Å²) in [6.07, 6.45) is 4.90. The molecule has 6 heteroatoms. The van der Waals surface area contributed by atoms with Gasteiger partial charge in [0.1, 0.15) is 11.7 Å². The third-order valence-electron chi connectivity index (χ3n) is 5.93. The molecule has 3 rings (SSSR count). The molecule has 0 bridgehead atoms. The molecule has 26 heavy (non-hydrogen) atoms. The summed E-state index contributed by atoms with van der Waals surface area (Å²) in [6, 6.07) is 6.22. The Morgan fingerprint density at radius 2 is 2.00 bits per heavy atom. The van der Waals surface area contributed by atoms with Crippen LogP contribution in [-0.4, -0.2) is 45.8 Å². The number of aromatic nitrogens is 1. The minimum absolute atomic E-state index is 0.0225. The Balaban J connectivity index is 1.71. The fourth-order valence-electron chi connectivity index (χ4n) is 4.83. The zero-order valence-electron chi connectivity index (χ0n) is 16.0. The van der Waals surface area contributed by atoms with Crippen LogP contribution in [0.3, 0.4) is 0 Å². The van der Waals surface area contributed by atoms with Crippen LogP contribution < -0.4 is 5.73 Å². The van der Waals surface area contributed by atoms with Crippen molar-refractivity contribution in [3.05, 3.63) is 30.1 Å². The first kappa shape index (κ1) is 19.1. The summed E-state index contributed by atoms with van der Waals surface area (Å²) in [6.45, 7) is 7.44. The topological polar surface area (TPSA) is 88.7 Å². The standard InChI is InChI=1S/C20H31N3O3/c1-19(2,3)17-15(26-18(21)24)9-13-23(17)14-7-10-20(25,11-8-14)16-6-4-5-12-22-16/h4-6,12,14-15,17,25H,7-11,13H2,1-3H3,(H2,21,24)/t14?,15-,17?,20?/m1/s1. The number of primary amides is 1. The number of amides is 1. The Bertz CT molecular complexity index is 621. The van der Waals surface area contributed by atoms with Crippen LogP contribution in [0.5, 0.6) is 0 Å². The van der Waals surface area contributed by atoms with Gasteiger partial charge in [-0.1, -0.05) is 26.8 Å². The van der Waals surface area contributed by atoms with Gasteiger partial charge >= 0.3 is 6.09 Å². The van der Waals surface area contributed by atoms with Crippen LogP contribution in [0.25, 0.3) is 0 Å². The molecule has 0 radical (unpaired) electrons. The fourth-order valence-corrected chi connectivity index (χ4v) is 4.83. The molecule has 1 amide bonds. The molecule has 1 aromatic rings. The van der Waals surface area contributed by atoms with Crippen LogP contribution >= 0.6 is 0 Å². The number of likely N-dealkylation sites (tertiary alicyclic amines) is 1. The van der Waals surface area contributed by atoms with Crippen molar-refractivity contribution in [1.82, 2.24) is 9.88 Å². The largest absolute Gasteiger partial charge is 0.445 e. The zero-order chi connectivity index (χ0) is 18.9. The van der Waals surface area contributed by atoms with Gasteiger partial charge in [0.15, 0.2) is 0 Å². The number of pyridine rings is 1. The maximum atomic E-state index is 11.3. The maximum Gasteiger partial charge on any atom is 0.404 e. The monoisotopic (exact) mass is 361 g/mol. The van der Waals surface area contributed by atoms with Crippen molar-refractivity contribution < 1.29 is 14.6 Å². The van der Waals surface area contributed by atoms with E-state index in [2.05, 4.69) is 30.7 Å². The van der Waals surface area contributed by atoms with Crippen molar-refractivity contribution in [2.45, 2.75) is 76.7 Å². The highest BCUT2D eigenvalue weighted by atomic mass is 16.6. The van der Waals surface area contributed by atoms with Gasteiger partial charge < -0.3 is 15.6 Å². The smallest absolute Gasteiger partial charge is 0.404 e. The SMILES string of the molecule is CC(C)(C)C1[C@H](OC(N)=O)CCN1C1CCC(O)(c2ccccn2)CC1. The van der Waals surface area contributed by atoms with Crippen molar-refractivity contribution in [3.8, 4) is 0 Å². The van der Waals surface area contributed by atoms with E-state index in [4.69, 9.17) is 10.5 Å². The summed E-state index contributed by atoms with van der Waals surface area (Å²) in [4.78, 5) is 18.1. The predicted molar refractivity (Wildman–Crippen MR) is 99.4 cm³/mol. The second-order valence-corrected chi connectivity index (χ2v) is 8.79. The van der Waals surface area contributed by atoms with E-state index in [0.717, 1.165) is 31.5 Å². The summed E-state index contributed by atoms with van der Waals surface area (Å²) in [5.74, 6) is 0. The van der Waals surface area contributed by atoms with Gasteiger partial charge in [-0.3, -0.25) is 9.88 Å². The number of nitrogens with two attached hydrogens (primary N) is 1. The Morgan fingerprint density at radius 1 is 1.31 bits per heavy atom. The lowest BCUT2D eigenvalue weighted by atomic mass is 9.77. The van der Waals surface area contributed by atoms with Crippen molar-refractivity contribution in [2.75, 3.05) is 6.54 Å². The molecule has 2 fully saturated rings. The molecule has 2 atom stereocenters. The van der Waals surface area contributed by atoms with E-state index >= 15 is 0 Å². The molecular formula is C20H31N3O3. The average Bonchev–Trinajstić information content (AvgIpc) is 2.99. The van der Waals surface area contributed by atoms with Gasteiger partial charge in [-0.15, -0.1) is 0 Å². The average molecular weight is 361 g/mol. The lowest BCUT2D eigenvalue weighted by molar-refractivity contribution is -0.0462. The number of nitrogens with zero attached hydrogens (tertiary/aromatic N) is 2. The lowest BCUT2D eigenvalue weighted by Gasteiger charge is -2.45. The molecule has 1 aliphatic heterocycles. The molecule has 1 unspecified atom stereocenters. The van der Waals surface area contributed by atoms with E-state index in [1.54, 1.807) is 6.20 Å². The van der Waals surface area contributed by atoms with Crippen LogP contribution in [0.2, 0.25) is 0 Å². The number of hydrogen-bond donors (Lipinski definition) is 2. The minimum Gasteiger partial charge on any atom is -0.445 e. The highest BCUT2D eigenvalue weighted by Gasteiger charge is 2.48. The van der Waals surface area contributed by atoms with Gasteiger partial charge in [-0.25, -0.2) is 4.79 Å². The van der Waals surface area contributed by atoms with Crippen LogP contribution in [0.4, 0.5) is 4.79 Å². The second-order valence-electron chi connectivity index (χ2n) is 8.79. The van der Waals surface area contributed by atoms with Crippen molar-refractivity contribution >= 4 is 6.09 Å². The van der Waals surface area contributed by atoms with E-state index in [1.165, 1.54) is 0 Å². The highest BCUT2D eigenvalue weighted by molar-refractivity contribution is 5.65. The molecule has 0 aromatic carbocycles. The number of rotatable bonds is 3. The van der Waals surface area contributed by atoms with E-state index < -0.39 is 11.7 Å². The summed E-state index contributed by atoms with van der Waals surface area (Å²) >= 11 is 0. The third kappa shape index (κ3) is 3.86. The number of aliphatic hydroxyl groups is 1. The molecule has 3 N–H and O–H groups in total. The summed E-state index contributed by atoms with van der Waals surface area (Å²) < 4.78 is 5.42. The molecule has 144 valence electrons. The van der Waals surface area contributed by atoms with Gasteiger partial charge in [0.2, 0.25) is 0 Å². The van der Waals surface area contributed by atoms with E-state index in [-0.39, 0.29) is 17.6 Å². The zero-order valence-corrected chi connectivity index (χ0v) is 16.0. The molecule has 1 saturated heterocycles. The fraction of sp³-hybridized carbons (Fsp3) is 0.700. The maximum absolute atomic E-state index is 11.3. The number of carbonyl (C=O) groups is 1. The van der Waals surface area contributed by atoms with Gasteiger partial charge in [-0.2, -0.15) is 0 Å². The molecule has 1 aliphatic carbocycles. The summed E-state index contributed by atoms with van der Waals surface area (Å²) in [7, 11) is 0. The van der Waals surface area contributed by atoms with E-state index in [9.17, 15) is 9.90 Å². The van der Waals surface area contributed by atoms with Gasteiger partial charge in [-0.05, 0) is 49.7 Å². The quantitative estimate of drug-likeness (QED) is 0.864. The lowest BCUT2D eigenvalue weighted by Crippen LogP contribution is -2.52. The first-order chi connectivity index (χ1) is 12.2. The molecule has 2 aliphatic rings. The van der Waals surface area contributed by atoms with Gasteiger partial charge in [0, 0.05) is 18.8 Å². The Hall–Kier alpha value is -1.66. The van der Waals surface area contributed by atoms with Crippen LogP contribution in [0.15, 0.2) is 24.4 Å². The Morgan fingerprint density at radius 3 is 2.54 bits per heavy atom. The number of carbonyl (C=O) groups excluding carboxylic acids is 1. The van der Waals surface area contributed by atoms with E-state index in [1.807, 2.05) is 18.2 Å². The number of ether oxygens (including phenoxy) is 1. The number of hydrogen-bond acceptors (Lipinski definition) is 5. The first-order valence-electron chi connectivity index (χ1n) is 9.56. The summed E-state index contributed by atoms with van der Waals surface area (Å²) in [5, 5.41) is 11.0. The molecule has 1 saturated carbocycles. The normalized spacial score (nSPS) is 33.2.